The molecule has 0 atom stereocenters. The molecular weight excluding hydrogens is 334 g/mol. The van der Waals surface area contributed by atoms with Gasteiger partial charge in [-0.1, -0.05) is 35.5 Å². The van der Waals surface area contributed by atoms with Gasteiger partial charge in [-0.2, -0.15) is 0 Å². The Hall–Kier alpha value is -3.35. The molecule has 0 unspecified atom stereocenters. The van der Waals surface area contributed by atoms with Crippen molar-refractivity contribution in [3.63, 3.8) is 0 Å². The molecule has 0 saturated carbocycles. The van der Waals surface area contributed by atoms with Crippen LogP contribution in [0.25, 0.3) is 0 Å². The van der Waals surface area contributed by atoms with E-state index in [1.165, 1.54) is 0 Å². The predicted octanol–water partition coefficient (Wildman–Crippen LogP) is 2.70. The van der Waals surface area contributed by atoms with Crippen LogP contribution in [0.1, 0.15) is 21.6 Å². The summed E-state index contributed by atoms with van der Waals surface area (Å²) in [5.74, 6) is 0.728. The summed E-state index contributed by atoms with van der Waals surface area (Å²) in [6.07, 6.45) is 1.57. The average molecular weight is 353 g/mol. The lowest BCUT2D eigenvalue weighted by Crippen LogP contribution is -2.07. The minimum absolute atomic E-state index is 0.0464. The van der Waals surface area contributed by atoms with Crippen molar-refractivity contribution in [1.82, 2.24) is 15.0 Å². The molecule has 0 aliphatic rings. The van der Waals surface area contributed by atoms with Crippen molar-refractivity contribution in [3.05, 3.63) is 71.5 Å². The molecule has 0 N–H and O–H groups in total. The van der Waals surface area contributed by atoms with Crippen molar-refractivity contribution < 1.29 is 19.0 Å². The second-order valence-corrected chi connectivity index (χ2v) is 5.54. The summed E-state index contributed by atoms with van der Waals surface area (Å²) in [6, 6.07) is 15.1. The van der Waals surface area contributed by atoms with Crippen molar-refractivity contribution in [3.8, 4) is 11.5 Å². The third-order valence-corrected chi connectivity index (χ3v) is 3.78. The molecule has 3 aromatic rings. The average Bonchev–Trinajstić information content (AvgIpc) is 3.15. The first-order valence-corrected chi connectivity index (χ1v) is 8.01. The fourth-order valence-electron chi connectivity index (χ4n) is 2.45. The van der Waals surface area contributed by atoms with E-state index in [1.54, 1.807) is 43.3 Å². The van der Waals surface area contributed by atoms with Crippen molar-refractivity contribution in [1.29, 1.82) is 0 Å². The summed E-state index contributed by atoms with van der Waals surface area (Å²) in [5.41, 5.74) is 1.93. The smallest absolute Gasteiger partial charge is 0.360 e. The first-order valence-electron chi connectivity index (χ1n) is 8.01. The molecule has 0 saturated heterocycles. The van der Waals surface area contributed by atoms with Gasteiger partial charge < -0.3 is 14.2 Å². The number of carbonyl (C=O) groups excluding carboxylic acids is 1. The number of nitrogens with zero attached hydrogens (tertiary/aromatic N) is 3. The molecule has 0 radical (unpaired) electrons. The van der Waals surface area contributed by atoms with Gasteiger partial charge in [0.25, 0.3) is 0 Å². The van der Waals surface area contributed by atoms with Gasteiger partial charge in [0, 0.05) is 5.56 Å². The first kappa shape index (κ1) is 17.5. The van der Waals surface area contributed by atoms with Crippen LogP contribution in [0.4, 0.5) is 0 Å². The zero-order valence-corrected chi connectivity index (χ0v) is 14.6. The van der Waals surface area contributed by atoms with Crippen LogP contribution in [0, 0.1) is 0 Å². The van der Waals surface area contributed by atoms with E-state index in [0.29, 0.717) is 23.6 Å². The zero-order chi connectivity index (χ0) is 18.4. The Morgan fingerprint density at radius 2 is 1.88 bits per heavy atom. The molecule has 0 aliphatic heterocycles. The summed E-state index contributed by atoms with van der Waals surface area (Å²) >= 11 is 0. The highest BCUT2D eigenvalue weighted by Gasteiger charge is 2.14. The third-order valence-electron chi connectivity index (χ3n) is 3.78. The minimum Gasteiger partial charge on any atom is -0.497 e. The quantitative estimate of drug-likeness (QED) is 0.608. The van der Waals surface area contributed by atoms with Crippen LogP contribution >= 0.6 is 0 Å². The second kappa shape index (κ2) is 8.15. The summed E-state index contributed by atoms with van der Waals surface area (Å²) in [4.78, 5) is 12.2. The van der Waals surface area contributed by atoms with Crippen molar-refractivity contribution in [2.75, 3.05) is 14.2 Å². The summed E-state index contributed by atoms with van der Waals surface area (Å²) in [6.45, 7) is 0.579. The van der Waals surface area contributed by atoms with Gasteiger partial charge >= 0.3 is 5.97 Å². The highest BCUT2D eigenvalue weighted by atomic mass is 16.5. The maximum absolute atomic E-state index is 12.2. The molecule has 7 heteroatoms. The Bertz CT molecular complexity index is 878. The molecule has 1 heterocycles. The predicted molar refractivity (Wildman–Crippen MR) is 94.2 cm³/mol. The van der Waals surface area contributed by atoms with Gasteiger partial charge in [0.2, 0.25) is 0 Å². The van der Waals surface area contributed by atoms with Crippen LogP contribution in [-0.4, -0.2) is 35.2 Å². The highest BCUT2D eigenvalue weighted by Crippen LogP contribution is 2.24. The van der Waals surface area contributed by atoms with Crippen molar-refractivity contribution in [2.24, 2.45) is 0 Å². The van der Waals surface area contributed by atoms with Gasteiger partial charge in [0.05, 0.1) is 27.0 Å². The van der Waals surface area contributed by atoms with Crippen molar-refractivity contribution >= 4 is 5.97 Å². The number of hydrogen-bond acceptors (Lipinski definition) is 6. The molecule has 26 heavy (non-hydrogen) atoms. The summed E-state index contributed by atoms with van der Waals surface area (Å²) < 4.78 is 17.4. The lowest BCUT2D eigenvalue weighted by Gasteiger charge is -2.10. The molecule has 0 aliphatic carbocycles. The number of esters is 1. The Balaban J connectivity index is 1.64. The fraction of sp³-hybridized carbons (Fsp3) is 0.211. The maximum atomic E-state index is 12.2. The molecule has 1 aromatic heterocycles. The Kier molecular flexibility index (Phi) is 5.48. The van der Waals surface area contributed by atoms with Crippen LogP contribution in [0.5, 0.6) is 11.5 Å². The van der Waals surface area contributed by atoms with Crippen LogP contribution in [0.2, 0.25) is 0 Å². The highest BCUT2D eigenvalue weighted by molar-refractivity contribution is 5.86. The van der Waals surface area contributed by atoms with Gasteiger partial charge in [-0.05, 0) is 23.8 Å². The largest absolute Gasteiger partial charge is 0.497 e. The molecule has 0 spiro atoms. The number of hydrogen-bond donors (Lipinski definition) is 0. The van der Waals surface area contributed by atoms with E-state index in [9.17, 15) is 4.79 Å². The molecule has 134 valence electrons. The Morgan fingerprint density at radius 3 is 2.62 bits per heavy atom. The second-order valence-electron chi connectivity index (χ2n) is 5.54. The van der Waals surface area contributed by atoms with E-state index < -0.39 is 5.97 Å². The molecule has 2 aromatic carbocycles. The number of carbonyl (C=O) groups is 1. The number of ether oxygens (including phenoxy) is 3. The van der Waals surface area contributed by atoms with Gasteiger partial charge in [-0.25, -0.2) is 9.48 Å². The van der Waals surface area contributed by atoms with Crippen LogP contribution in [0.3, 0.4) is 0 Å². The normalized spacial score (nSPS) is 10.4. The van der Waals surface area contributed by atoms with Gasteiger partial charge in [-0.15, -0.1) is 5.10 Å². The van der Waals surface area contributed by atoms with E-state index in [0.717, 1.165) is 5.56 Å². The molecule has 3 rings (SSSR count). The van der Waals surface area contributed by atoms with Gasteiger partial charge in [0.15, 0.2) is 5.69 Å². The number of benzene rings is 2. The number of aromatic nitrogens is 3. The molecule has 0 bridgehead atoms. The van der Waals surface area contributed by atoms with E-state index in [2.05, 4.69) is 10.3 Å². The summed E-state index contributed by atoms with van der Waals surface area (Å²) in [7, 11) is 3.13. The Morgan fingerprint density at radius 1 is 1.08 bits per heavy atom. The van der Waals surface area contributed by atoms with Crippen LogP contribution < -0.4 is 9.47 Å². The van der Waals surface area contributed by atoms with Crippen LogP contribution in [0.15, 0.2) is 54.7 Å². The topological polar surface area (TPSA) is 75.5 Å². The Labute approximate surface area is 151 Å². The van der Waals surface area contributed by atoms with E-state index >= 15 is 0 Å². The molecule has 7 nitrogen and oxygen atoms in total. The zero-order valence-electron chi connectivity index (χ0n) is 14.6. The third kappa shape index (κ3) is 4.18. The van der Waals surface area contributed by atoms with Crippen LogP contribution in [-0.2, 0) is 17.9 Å². The summed E-state index contributed by atoms with van der Waals surface area (Å²) in [5, 5.41) is 7.85. The lowest BCUT2D eigenvalue weighted by atomic mass is 10.2. The molecule has 0 amide bonds. The molecule has 0 fully saturated rings. The van der Waals surface area contributed by atoms with E-state index in [1.807, 2.05) is 30.3 Å². The van der Waals surface area contributed by atoms with E-state index in [-0.39, 0.29) is 12.3 Å². The van der Waals surface area contributed by atoms with Crippen molar-refractivity contribution in [2.45, 2.75) is 13.2 Å². The first-order chi connectivity index (χ1) is 12.7. The fourth-order valence-corrected chi connectivity index (χ4v) is 2.45. The lowest BCUT2D eigenvalue weighted by molar-refractivity contribution is 0.0462. The number of methoxy groups -OCH3 is 2. The minimum atomic E-state index is -0.547. The monoisotopic (exact) mass is 353 g/mol. The SMILES string of the molecule is COc1ccc(OC)c(COC(=O)c2cn(Cc3ccccc3)nn2)c1. The van der Waals surface area contributed by atoms with Gasteiger partial charge in [-0.3, -0.25) is 0 Å². The van der Waals surface area contributed by atoms with Gasteiger partial charge in [0.1, 0.15) is 18.1 Å². The van der Waals surface area contributed by atoms with E-state index in [4.69, 9.17) is 14.2 Å². The molecular formula is C19H19N3O4. The number of rotatable bonds is 7. The standard InChI is InChI=1S/C19H19N3O4/c1-24-16-8-9-18(25-2)15(10-16)13-26-19(23)17-12-22(21-20-17)11-14-6-4-3-5-7-14/h3-10,12H,11,13H2,1-2H3. The maximum Gasteiger partial charge on any atom is 0.360 e.